The highest BCUT2D eigenvalue weighted by atomic mass is 32.2. The minimum absolute atomic E-state index is 0.0983. The van der Waals surface area contributed by atoms with E-state index in [1.54, 1.807) is 20.8 Å². The molecular weight excluding hydrogens is 554 g/mol. The normalized spacial score (nSPS) is 23.0. The van der Waals surface area contributed by atoms with Crippen molar-refractivity contribution in [1.82, 2.24) is 15.2 Å². The van der Waals surface area contributed by atoms with Crippen molar-refractivity contribution in [2.24, 2.45) is 10.6 Å². The summed E-state index contributed by atoms with van der Waals surface area (Å²) in [7, 11) is 1.26. The lowest BCUT2D eigenvalue weighted by molar-refractivity contribution is -0.173. The van der Waals surface area contributed by atoms with E-state index < -0.39 is 59.4 Å². The van der Waals surface area contributed by atoms with Gasteiger partial charge in [-0.25, -0.2) is 9.78 Å². The highest BCUT2D eigenvalue weighted by Gasteiger charge is 2.56. The Bertz CT molecular complexity index is 1270. The number of nitrogens with zero attached hydrogens (tertiary/aromatic N) is 3. The minimum atomic E-state index is -1.00. The van der Waals surface area contributed by atoms with Gasteiger partial charge in [-0.1, -0.05) is 5.16 Å². The van der Waals surface area contributed by atoms with Crippen LogP contribution in [0.1, 0.15) is 39.3 Å². The predicted octanol–water partition coefficient (Wildman–Crippen LogP) is 0.525. The van der Waals surface area contributed by atoms with Crippen LogP contribution in [0.2, 0.25) is 0 Å². The van der Waals surface area contributed by atoms with E-state index in [4.69, 9.17) is 24.8 Å². The van der Waals surface area contributed by atoms with Gasteiger partial charge in [-0.05, 0) is 27.2 Å². The molecule has 0 bridgehead atoms. The summed E-state index contributed by atoms with van der Waals surface area (Å²) in [5, 5.41) is 7.41. The lowest BCUT2D eigenvalue weighted by Gasteiger charge is -2.50. The first-order chi connectivity index (χ1) is 18.4. The number of nitrogen functional groups attached to an aromatic ring is 1. The van der Waals surface area contributed by atoms with Crippen LogP contribution >= 0.6 is 23.1 Å². The van der Waals surface area contributed by atoms with Crippen molar-refractivity contribution in [3.05, 3.63) is 22.3 Å². The maximum absolute atomic E-state index is 13.3. The molecule has 2 fully saturated rings. The zero-order chi connectivity index (χ0) is 28.5. The van der Waals surface area contributed by atoms with Gasteiger partial charge in [-0.2, -0.15) is 0 Å². The molecule has 1 aromatic rings. The van der Waals surface area contributed by atoms with Crippen molar-refractivity contribution < 1.29 is 43.0 Å². The summed E-state index contributed by atoms with van der Waals surface area (Å²) in [6.45, 7) is 4.28. The number of thiazole rings is 1. The molecule has 0 saturated carbocycles. The number of hydrogen-bond acceptors (Lipinski definition) is 14. The van der Waals surface area contributed by atoms with E-state index in [2.05, 4.69) is 15.5 Å². The number of cyclic esters (lactones) is 1. The lowest BCUT2D eigenvalue weighted by atomic mass is 9.98. The lowest BCUT2D eigenvalue weighted by Crippen LogP contribution is -2.71. The number of nitrogens with two attached hydrogens (primary N) is 1. The van der Waals surface area contributed by atoms with Gasteiger partial charge in [0.25, 0.3) is 11.8 Å². The maximum Gasteiger partial charge on any atom is 0.358 e. The topological polar surface area (TPSA) is 189 Å². The van der Waals surface area contributed by atoms with Crippen LogP contribution in [0, 0.1) is 5.41 Å². The number of carbonyl (C=O) groups excluding carboxylic acids is 5. The SMILES string of the molecule is CON=C(C(=O)N[C@@H]1C(=O)N2C(C(=O)OCOC(=O)C(C)(C)C)=C(C3CCC(=O)O3)CS[C@H]12)c1csc(N)n1. The van der Waals surface area contributed by atoms with E-state index in [1.807, 2.05) is 0 Å². The Morgan fingerprint density at radius 2 is 2.03 bits per heavy atom. The largest absolute Gasteiger partial charge is 0.458 e. The Kier molecular flexibility index (Phi) is 8.15. The maximum atomic E-state index is 13.3. The molecule has 39 heavy (non-hydrogen) atoms. The van der Waals surface area contributed by atoms with Crippen LogP contribution in [0.15, 0.2) is 21.8 Å². The molecule has 4 rings (SSSR count). The molecule has 2 saturated heterocycles. The van der Waals surface area contributed by atoms with E-state index in [0.717, 1.165) is 11.3 Å². The first-order valence-corrected chi connectivity index (χ1v) is 13.7. The molecule has 0 aromatic carbocycles. The van der Waals surface area contributed by atoms with Crippen molar-refractivity contribution in [1.29, 1.82) is 0 Å². The summed E-state index contributed by atoms with van der Waals surface area (Å²) < 4.78 is 15.6. The van der Waals surface area contributed by atoms with Crippen molar-refractivity contribution in [3.63, 3.8) is 0 Å². The number of fused-ring (bicyclic) bond motifs is 1. The molecule has 0 aliphatic carbocycles. The Balaban J connectivity index is 1.52. The van der Waals surface area contributed by atoms with Gasteiger partial charge in [0.2, 0.25) is 6.79 Å². The van der Waals surface area contributed by atoms with Crippen molar-refractivity contribution >= 4 is 63.7 Å². The van der Waals surface area contributed by atoms with Crippen molar-refractivity contribution in [2.75, 3.05) is 25.4 Å². The third-order valence-electron chi connectivity index (χ3n) is 5.91. The number of oxime groups is 1. The fourth-order valence-electron chi connectivity index (χ4n) is 3.97. The van der Waals surface area contributed by atoms with Crippen LogP contribution in [-0.2, 0) is 43.0 Å². The number of aromatic nitrogens is 1. The molecule has 1 aromatic heterocycles. The molecule has 1 unspecified atom stereocenters. The Morgan fingerprint density at radius 1 is 1.28 bits per heavy atom. The van der Waals surface area contributed by atoms with Gasteiger partial charge in [0, 0.05) is 23.1 Å². The van der Waals surface area contributed by atoms with E-state index in [-0.39, 0.29) is 34.4 Å². The average molecular weight is 582 g/mol. The number of esters is 3. The van der Waals surface area contributed by atoms with E-state index in [0.29, 0.717) is 12.0 Å². The second kappa shape index (κ2) is 11.2. The first kappa shape index (κ1) is 28.4. The molecule has 210 valence electrons. The van der Waals surface area contributed by atoms with Gasteiger partial charge < -0.3 is 30.1 Å². The third kappa shape index (κ3) is 5.85. The van der Waals surface area contributed by atoms with Gasteiger partial charge in [0.15, 0.2) is 10.8 Å². The standard InChI is InChI=1S/C23H27N5O9S2/c1-23(2,3)21(33)36-9-35-20(32)16-10(12-5-6-13(29)37-12)7-38-19-15(18(31)28(16)19)26-17(30)14(27-34-4)11-8-39-22(24)25-11/h8,12,15,19H,5-7,9H2,1-4H3,(H2,24,25)(H,26,30)/t12?,15-,19-/m1/s1. The summed E-state index contributed by atoms with van der Waals surface area (Å²) >= 11 is 2.39. The number of ether oxygens (including phenoxy) is 3. The first-order valence-electron chi connectivity index (χ1n) is 11.8. The van der Waals surface area contributed by atoms with Crippen LogP contribution in [0.3, 0.4) is 0 Å². The summed E-state index contributed by atoms with van der Waals surface area (Å²) in [4.78, 5) is 73.2. The van der Waals surface area contributed by atoms with E-state index in [1.165, 1.54) is 29.2 Å². The van der Waals surface area contributed by atoms with E-state index >= 15 is 0 Å². The number of rotatable bonds is 8. The molecule has 14 nitrogen and oxygen atoms in total. The minimum Gasteiger partial charge on any atom is -0.458 e. The van der Waals surface area contributed by atoms with Crippen LogP contribution in [0.4, 0.5) is 5.13 Å². The Morgan fingerprint density at radius 3 is 2.62 bits per heavy atom. The highest BCUT2D eigenvalue weighted by Crippen LogP contribution is 2.43. The van der Waals surface area contributed by atoms with Crippen LogP contribution in [-0.4, -0.2) is 82.5 Å². The van der Waals surface area contributed by atoms with Gasteiger partial charge in [0.05, 0.1) is 5.41 Å². The van der Waals surface area contributed by atoms with Gasteiger partial charge in [-0.15, -0.1) is 23.1 Å². The zero-order valence-electron chi connectivity index (χ0n) is 21.5. The Hall–Kier alpha value is -3.66. The molecule has 0 radical (unpaired) electrons. The fraction of sp³-hybridized carbons (Fsp3) is 0.522. The summed E-state index contributed by atoms with van der Waals surface area (Å²) in [5.74, 6) is -3.00. The molecule has 3 aliphatic rings. The second-order valence-corrected chi connectivity index (χ2v) is 11.7. The molecule has 2 amide bonds. The van der Waals surface area contributed by atoms with Gasteiger partial charge in [0.1, 0.15) is 36.0 Å². The quantitative estimate of drug-likeness (QED) is 0.143. The number of carbonyl (C=O) groups is 5. The summed E-state index contributed by atoms with van der Waals surface area (Å²) in [5.41, 5.74) is 5.16. The molecule has 3 aliphatic heterocycles. The number of thioether (sulfide) groups is 1. The Labute approximate surface area is 231 Å². The van der Waals surface area contributed by atoms with Crippen molar-refractivity contribution in [2.45, 2.75) is 51.1 Å². The average Bonchev–Trinajstić information content (AvgIpc) is 3.51. The predicted molar refractivity (Wildman–Crippen MR) is 138 cm³/mol. The summed E-state index contributed by atoms with van der Waals surface area (Å²) in [6.07, 6.45) is -0.198. The fourth-order valence-corrected chi connectivity index (χ4v) is 5.93. The molecule has 3 N–H and O–H groups in total. The van der Waals surface area contributed by atoms with Crippen LogP contribution in [0.5, 0.6) is 0 Å². The monoisotopic (exact) mass is 581 g/mol. The number of nitrogens with one attached hydrogen (secondary N) is 1. The third-order valence-corrected chi connectivity index (χ3v) is 7.88. The van der Waals surface area contributed by atoms with Gasteiger partial charge >= 0.3 is 17.9 Å². The number of β-lactam (4-membered cyclic amide) rings is 1. The number of amides is 2. The molecule has 4 heterocycles. The van der Waals surface area contributed by atoms with Crippen LogP contribution in [0.25, 0.3) is 0 Å². The smallest absolute Gasteiger partial charge is 0.358 e. The zero-order valence-corrected chi connectivity index (χ0v) is 23.2. The number of hydrogen-bond donors (Lipinski definition) is 2. The van der Waals surface area contributed by atoms with Gasteiger partial charge in [-0.3, -0.25) is 24.1 Å². The highest BCUT2D eigenvalue weighted by molar-refractivity contribution is 8.00. The molecule has 0 spiro atoms. The number of anilines is 1. The molecule has 3 atom stereocenters. The van der Waals surface area contributed by atoms with Crippen molar-refractivity contribution in [3.8, 4) is 0 Å². The molecule has 16 heteroatoms. The van der Waals surface area contributed by atoms with Crippen LogP contribution < -0.4 is 11.1 Å². The summed E-state index contributed by atoms with van der Waals surface area (Å²) in [6, 6.07) is -1.00. The molecular formula is C23H27N5O9S2. The van der Waals surface area contributed by atoms with E-state index in [9.17, 15) is 24.0 Å². The second-order valence-electron chi connectivity index (χ2n) is 9.68.